The smallest absolute Gasteiger partial charge is 0.354 e. The van der Waals surface area contributed by atoms with Crippen LogP contribution in [0.5, 0.6) is 0 Å². The predicted octanol–water partition coefficient (Wildman–Crippen LogP) is 1.03. The van der Waals surface area contributed by atoms with Crippen molar-refractivity contribution >= 4 is 11.9 Å². The maximum Gasteiger partial charge on any atom is 0.354 e. The number of nitrogens with zero attached hydrogens (tertiary/aromatic N) is 1. The topological polar surface area (TPSA) is 95.1 Å². The molecule has 3 N–H and O–H groups in total. The number of carboxylic acid groups (broad SMARTS) is 1. The molecule has 1 aromatic heterocycles. The standard InChI is InChI=1S/C10H15N3O3/c1-3-4-6(2)13-9(14)7-8(10(15)16)12-5-11-7/h5-6H,3-4H2,1-2H3,(H,11,12)(H,13,14)(H,15,16). The van der Waals surface area contributed by atoms with Gasteiger partial charge in [-0.2, -0.15) is 0 Å². The van der Waals surface area contributed by atoms with E-state index in [9.17, 15) is 9.59 Å². The van der Waals surface area contributed by atoms with Crippen molar-refractivity contribution in [1.29, 1.82) is 0 Å². The van der Waals surface area contributed by atoms with Crippen molar-refractivity contribution in [2.45, 2.75) is 32.7 Å². The molecule has 1 aromatic rings. The first kappa shape index (κ1) is 12.2. The maximum absolute atomic E-state index is 11.7. The number of aromatic carboxylic acids is 1. The van der Waals surface area contributed by atoms with E-state index in [4.69, 9.17) is 5.11 Å². The van der Waals surface area contributed by atoms with Crippen LogP contribution in [0.15, 0.2) is 6.33 Å². The minimum absolute atomic E-state index is 0.0100. The SMILES string of the molecule is CCCC(C)NC(=O)c1nc[nH]c1C(=O)O. The summed E-state index contributed by atoms with van der Waals surface area (Å²) >= 11 is 0. The largest absolute Gasteiger partial charge is 0.477 e. The van der Waals surface area contributed by atoms with Crippen LogP contribution in [-0.4, -0.2) is 33.0 Å². The number of hydrogen-bond donors (Lipinski definition) is 3. The second-order valence-corrected chi connectivity index (χ2v) is 3.59. The molecule has 0 aliphatic rings. The van der Waals surface area contributed by atoms with E-state index in [1.165, 1.54) is 6.33 Å². The van der Waals surface area contributed by atoms with Crippen molar-refractivity contribution < 1.29 is 14.7 Å². The second-order valence-electron chi connectivity index (χ2n) is 3.59. The van der Waals surface area contributed by atoms with E-state index < -0.39 is 11.9 Å². The summed E-state index contributed by atoms with van der Waals surface area (Å²) in [5.41, 5.74) is -0.253. The first-order valence-electron chi connectivity index (χ1n) is 5.13. The zero-order valence-corrected chi connectivity index (χ0v) is 9.28. The number of hydrogen-bond acceptors (Lipinski definition) is 3. The molecule has 1 rings (SSSR count). The minimum atomic E-state index is -1.19. The molecule has 0 aromatic carbocycles. The quantitative estimate of drug-likeness (QED) is 0.697. The Labute approximate surface area is 93.1 Å². The molecule has 0 aliphatic carbocycles. The van der Waals surface area contributed by atoms with E-state index in [2.05, 4.69) is 15.3 Å². The summed E-state index contributed by atoms with van der Waals surface area (Å²) in [5.74, 6) is -1.65. The predicted molar refractivity (Wildman–Crippen MR) is 57.4 cm³/mol. The van der Waals surface area contributed by atoms with Crippen molar-refractivity contribution in [3.05, 3.63) is 17.7 Å². The molecule has 1 heterocycles. The van der Waals surface area contributed by atoms with Crippen molar-refractivity contribution in [2.24, 2.45) is 0 Å². The lowest BCUT2D eigenvalue weighted by atomic mass is 10.2. The van der Waals surface area contributed by atoms with Crippen LogP contribution in [0.4, 0.5) is 0 Å². The second kappa shape index (κ2) is 5.29. The molecule has 16 heavy (non-hydrogen) atoms. The van der Waals surface area contributed by atoms with E-state index in [-0.39, 0.29) is 17.4 Å². The third-order valence-electron chi connectivity index (χ3n) is 2.17. The molecule has 0 saturated carbocycles. The fourth-order valence-electron chi connectivity index (χ4n) is 1.43. The van der Waals surface area contributed by atoms with Gasteiger partial charge in [-0.25, -0.2) is 9.78 Å². The third-order valence-corrected chi connectivity index (χ3v) is 2.17. The number of aromatic amines is 1. The lowest BCUT2D eigenvalue weighted by Crippen LogP contribution is -2.33. The van der Waals surface area contributed by atoms with Crippen LogP contribution in [0.25, 0.3) is 0 Å². The molecular weight excluding hydrogens is 210 g/mol. The van der Waals surface area contributed by atoms with E-state index in [0.29, 0.717) is 0 Å². The highest BCUT2D eigenvalue weighted by atomic mass is 16.4. The van der Waals surface area contributed by atoms with Gasteiger partial charge in [-0.15, -0.1) is 0 Å². The number of H-pyrrole nitrogens is 1. The monoisotopic (exact) mass is 225 g/mol. The summed E-state index contributed by atoms with van der Waals surface area (Å²) in [4.78, 5) is 28.5. The minimum Gasteiger partial charge on any atom is -0.477 e. The molecule has 1 amide bonds. The summed E-state index contributed by atoms with van der Waals surface area (Å²) < 4.78 is 0. The van der Waals surface area contributed by atoms with Gasteiger partial charge >= 0.3 is 5.97 Å². The van der Waals surface area contributed by atoms with Crippen LogP contribution in [0.3, 0.4) is 0 Å². The molecule has 0 fully saturated rings. The maximum atomic E-state index is 11.7. The van der Waals surface area contributed by atoms with Gasteiger partial charge in [-0.05, 0) is 13.3 Å². The van der Waals surface area contributed by atoms with E-state index in [1.807, 2.05) is 13.8 Å². The van der Waals surface area contributed by atoms with Crippen LogP contribution >= 0.6 is 0 Å². The molecular formula is C10H15N3O3. The van der Waals surface area contributed by atoms with Gasteiger partial charge in [0.25, 0.3) is 5.91 Å². The number of carbonyl (C=O) groups is 2. The zero-order valence-electron chi connectivity index (χ0n) is 9.28. The van der Waals surface area contributed by atoms with Crippen molar-refractivity contribution in [3.8, 4) is 0 Å². The summed E-state index contributed by atoms with van der Waals surface area (Å²) in [6, 6.07) is 0.0100. The zero-order chi connectivity index (χ0) is 12.1. The van der Waals surface area contributed by atoms with Gasteiger partial charge in [-0.1, -0.05) is 13.3 Å². The Balaban J connectivity index is 2.73. The summed E-state index contributed by atoms with van der Waals surface area (Å²) in [6.07, 6.45) is 3.00. The van der Waals surface area contributed by atoms with Gasteiger partial charge in [0.05, 0.1) is 6.33 Å². The van der Waals surface area contributed by atoms with Crippen molar-refractivity contribution in [3.63, 3.8) is 0 Å². The lowest BCUT2D eigenvalue weighted by Gasteiger charge is -2.11. The number of imidazole rings is 1. The van der Waals surface area contributed by atoms with Crippen LogP contribution in [0, 0.1) is 0 Å². The van der Waals surface area contributed by atoms with Gasteiger partial charge < -0.3 is 15.4 Å². The lowest BCUT2D eigenvalue weighted by molar-refractivity contribution is 0.0684. The Kier molecular flexibility index (Phi) is 4.04. The number of rotatable bonds is 5. The van der Waals surface area contributed by atoms with Gasteiger partial charge in [0.15, 0.2) is 11.4 Å². The molecule has 0 radical (unpaired) electrons. The van der Waals surface area contributed by atoms with Crippen molar-refractivity contribution in [2.75, 3.05) is 0 Å². The number of carboxylic acids is 1. The Hall–Kier alpha value is -1.85. The normalized spacial score (nSPS) is 12.1. The highest BCUT2D eigenvalue weighted by molar-refractivity contribution is 6.02. The first-order valence-corrected chi connectivity index (χ1v) is 5.13. The number of nitrogens with one attached hydrogen (secondary N) is 2. The average molecular weight is 225 g/mol. The fourth-order valence-corrected chi connectivity index (χ4v) is 1.43. The van der Waals surface area contributed by atoms with Crippen molar-refractivity contribution in [1.82, 2.24) is 15.3 Å². The molecule has 0 aliphatic heterocycles. The summed E-state index contributed by atoms with van der Waals surface area (Å²) in [7, 11) is 0. The molecule has 1 atom stereocenters. The summed E-state index contributed by atoms with van der Waals surface area (Å²) in [5, 5.41) is 11.5. The molecule has 6 heteroatoms. The Morgan fingerprint density at radius 1 is 1.62 bits per heavy atom. The van der Waals surface area contributed by atoms with Crippen LogP contribution < -0.4 is 5.32 Å². The molecule has 0 saturated heterocycles. The van der Waals surface area contributed by atoms with Crippen LogP contribution in [-0.2, 0) is 0 Å². The molecule has 0 bridgehead atoms. The van der Waals surface area contributed by atoms with E-state index in [1.54, 1.807) is 0 Å². The Morgan fingerprint density at radius 3 is 2.88 bits per heavy atom. The number of aromatic nitrogens is 2. The van der Waals surface area contributed by atoms with Crippen LogP contribution in [0.1, 0.15) is 47.7 Å². The average Bonchev–Trinajstić information content (AvgIpc) is 2.65. The van der Waals surface area contributed by atoms with Gasteiger partial charge in [0.2, 0.25) is 0 Å². The number of amides is 1. The fraction of sp³-hybridized carbons (Fsp3) is 0.500. The highest BCUT2D eigenvalue weighted by Gasteiger charge is 2.20. The van der Waals surface area contributed by atoms with Gasteiger partial charge in [0, 0.05) is 6.04 Å². The van der Waals surface area contributed by atoms with E-state index in [0.717, 1.165) is 12.8 Å². The summed E-state index contributed by atoms with van der Waals surface area (Å²) in [6.45, 7) is 3.88. The Morgan fingerprint density at radius 2 is 2.31 bits per heavy atom. The Bertz CT molecular complexity index is 386. The molecule has 0 spiro atoms. The molecule has 6 nitrogen and oxygen atoms in total. The molecule has 1 unspecified atom stereocenters. The first-order chi connectivity index (χ1) is 7.56. The van der Waals surface area contributed by atoms with Gasteiger partial charge in [0.1, 0.15) is 0 Å². The van der Waals surface area contributed by atoms with E-state index >= 15 is 0 Å². The van der Waals surface area contributed by atoms with Gasteiger partial charge in [-0.3, -0.25) is 4.79 Å². The van der Waals surface area contributed by atoms with Crippen LogP contribution in [0.2, 0.25) is 0 Å². The highest BCUT2D eigenvalue weighted by Crippen LogP contribution is 2.04. The molecule has 88 valence electrons. The third kappa shape index (κ3) is 2.82. The number of carbonyl (C=O) groups excluding carboxylic acids is 1.